The molecule has 0 fully saturated rings. The van der Waals surface area contributed by atoms with Crippen LogP contribution in [0.25, 0.3) is 10.1 Å². The van der Waals surface area contributed by atoms with Crippen LogP contribution in [0.5, 0.6) is 5.75 Å². The van der Waals surface area contributed by atoms with E-state index in [1.165, 1.54) is 15.6 Å². The van der Waals surface area contributed by atoms with Gasteiger partial charge in [0.25, 0.3) is 0 Å². The van der Waals surface area contributed by atoms with Gasteiger partial charge in [0.15, 0.2) is 0 Å². The van der Waals surface area contributed by atoms with Gasteiger partial charge in [-0.05, 0) is 42.7 Å². The van der Waals surface area contributed by atoms with Crippen molar-refractivity contribution in [3.05, 3.63) is 65.5 Å². The van der Waals surface area contributed by atoms with Gasteiger partial charge in [0.05, 0.1) is 0 Å². The Morgan fingerprint density at radius 1 is 1.04 bits per heavy atom. The third-order valence-electron chi connectivity index (χ3n) is 3.74. The maximum Gasteiger partial charge on any atom is 0.414 e. The maximum atomic E-state index is 9.10. The van der Waals surface area contributed by atoms with Gasteiger partial charge < -0.3 is 20.3 Å². The highest BCUT2D eigenvalue weighted by Crippen LogP contribution is 2.33. The van der Waals surface area contributed by atoms with Gasteiger partial charge in [-0.2, -0.15) is 0 Å². The second-order valence-electron chi connectivity index (χ2n) is 5.61. The zero-order valence-corrected chi connectivity index (χ0v) is 15.6. The Balaban J connectivity index is 0.000000380. The Kier molecular flexibility index (Phi) is 7.79. The van der Waals surface area contributed by atoms with E-state index in [0.29, 0.717) is 0 Å². The van der Waals surface area contributed by atoms with Crippen LogP contribution in [-0.4, -0.2) is 35.7 Å². The van der Waals surface area contributed by atoms with Crippen molar-refractivity contribution in [1.29, 1.82) is 0 Å². The van der Waals surface area contributed by atoms with Gasteiger partial charge >= 0.3 is 11.9 Å². The molecule has 3 aromatic rings. The topological polar surface area (TPSA) is 95.9 Å². The molecular weight excluding hydrogens is 366 g/mol. The maximum absolute atomic E-state index is 9.10. The molecule has 1 atom stereocenters. The highest BCUT2D eigenvalue weighted by molar-refractivity contribution is 7.17. The Morgan fingerprint density at radius 2 is 1.74 bits per heavy atom. The van der Waals surface area contributed by atoms with Crippen molar-refractivity contribution in [3.63, 3.8) is 0 Å². The zero-order chi connectivity index (χ0) is 19.6. The highest BCUT2D eigenvalue weighted by atomic mass is 32.1. The van der Waals surface area contributed by atoms with Gasteiger partial charge in [-0.15, -0.1) is 11.3 Å². The summed E-state index contributed by atoms with van der Waals surface area (Å²) in [7, 11) is 1.97. The monoisotopic (exact) mass is 387 g/mol. The van der Waals surface area contributed by atoms with Crippen LogP contribution in [0.4, 0.5) is 0 Å². The molecule has 0 aliphatic rings. The number of carboxylic acids is 2. The minimum absolute atomic E-state index is 0.0733. The average Bonchev–Trinajstić information content (AvgIpc) is 3.16. The van der Waals surface area contributed by atoms with Crippen molar-refractivity contribution >= 4 is 33.4 Å². The Morgan fingerprint density at radius 3 is 2.37 bits per heavy atom. The Labute approximate surface area is 161 Å². The molecule has 3 rings (SSSR count). The van der Waals surface area contributed by atoms with Gasteiger partial charge in [-0.1, -0.05) is 36.4 Å². The summed E-state index contributed by atoms with van der Waals surface area (Å²) in [6.45, 7) is 0.930. The highest BCUT2D eigenvalue weighted by Gasteiger charge is 2.14. The number of nitrogens with one attached hydrogen (secondary N) is 1. The zero-order valence-electron chi connectivity index (χ0n) is 14.8. The molecule has 3 N–H and O–H groups in total. The van der Waals surface area contributed by atoms with E-state index >= 15 is 0 Å². The average molecular weight is 387 g/mol. The van der Waals surface area contributed by atoms with Gasteiger partial charge in [0.2, 0.25) is 0 Å². The summed E-state index contributed by atoms with van der Waals surface area (Å²) in [5.74, 6) is -2.68. The van der Waals surface area contributed by atoms with E-state index in [2.05, 4.69) is 59.2 Å². The predicted octanol–water partition coefficient (Wildman–Crippen LogP) is 3.79. The van der Waals surface area contributed by atoms with Crippen molar-refractivity contribution in [2.75, 3.05) is 13.6 Å². The summed E-state index contributed by atoms with van der Waals surface area (Å²) in [6, 6.07) is 18.8. The van der Waals surface area contributed by atoms with Crippen LogP contribution in [0.1, 0.15) is 18.1 Å². The first kappa shape index (κ1) is 20.4. The van der Waals surface area contributed by atoms with Crippen molar-refractivity contribution in [3.8, 4) is 5.75 Å². The fourth-order valence-corrected chi connectivity index (χ4v) is 3.26. The van der Waals surface area contributed by atoms with Gasteiger partial charge in [0, 0.05) is 16.5 Å². The molecule has 0 bridgehead atoms. The molecule has 0 amide bonds. The molecule has 142 valence electrons. The Bertz CT molecular complexity index is 866. The molecule has 0 unspecified atom stereocenters. The summed E-state index contributed by atoms with van der Waals surface area (Å²) in [5.41, 5.74) is 1.22. The van der Waals surface area contributed by atoms with Crippen molar-refractivity contribution < 1.29 is 24.5 Å². The fourth-order valence-electron chi connectivity index (χ4n) is 2.46. The number of carboxylic acid groups (broad SMARTS) is 2. The summed E-state index contributed by atoms with van der Waals surface area (Å²) in [4.78, 5) is 18.2. The minimum Gasteiger partial charge on any atom is -0.485 e. The normalized spacial score (nSPS) is 11.3. The second kappa shape index (κ2) is 10.3. The van der Waals surface area contributed by atoms with Crippen LogP contribution in [0.15, 0.2) is 60.0 Å². The van der Waals surface area contributed by atoms with E-state index in [4.69, 9.17) is 24.5 Å². The van der Waals surface area contributed by atoms with Gasteiger partial charge in [-0.3, -0.25) is 0 Å². The predicted molar refractivity (Wildman–Crippen MR) is 105 cm³/mol. The fraction of sp³-hybridized carbons (Fsp3) is 0.200. The first-order valence-corrected chi connectivity index (χ1v) is 9.19. The van der Waals surface area contributed by atoms with E-state index in [1.54, 1.807) is 11.3 Å². The number of hydrogen-bond acceptors (Lipinski definition) is 5. The summed E-state index contributed by atoms with van der Waals surface area (Å²) in [5, 5.41) is 21.3. The van der Waals surface area contributed by atoms with Crippen LogP contribution in [-0.2, 0) is 9.59 Å². The number of thiophene rings is 1. The lowest BCUT2D eigenvalue weighted by Crippen LogP contribution is -2.16. The molecule has 6 nitrogen and oxygen atoms in total. The van der Waals surface area contributed by atoms with E-state index < -0.39 is 11.9 Å². The molecule has 2 aromatic carbocycles. The molecule has 0 spiro atoms. The standard InChI is InChI=1S/C18H19NOS.C2H2O4/c1-19-12-10-16(14-6-3-2-4-7-14)20-17-8-5-9-18-15(17)11-13-21-18;3-1(4)2(5)6/h2-9,11,13,16,19H,10,12H2,1H3;(H,3,4)(H,5,6)/t16-;/m0./s1. The SMILES string of the molecule is CNCC[C@H](Oc1cccc2sccc12)c1ccccc1.O=C(O)C(=O)O. The summed E-state index contributed by atoms with van der Waals surface area (Å²) < 4.78 is 7.61. The van der Waals surface area contributed by atoms with E-state index in [-0.39, 0.29) is 6.10 Å². The molecule has 0 radical (unpaired) electrons. The lowest BCUT2D eigenvalue weighted by molar-refractivity contribution is -0.159. The molecule has 0 saturated heterocycles. The third-order valence-corrected chi connectivity index (χ3v) is 4.62. The first-order chi connectivity index (χ1) is 13.0. The number of benzene rings is 2. The Hall–Kier alpha value is -2.90. The number of fused-ring (bicyclic) bond motifs is 1. The van der Waals surface area contributed by atoms with Crippen molar-refractivity contribution in [2.45, 2.75) is 12.5 Å². The number of aliphatic carboxylic acids is 2. The quantitative estimate of drug-likeness (QED) is 0.557. The smallest absolute Gasteiger partial charge is 0.414 e. The summed E-state index contributed by atoms with van der Waals surface area (Å²) in [6.07, 6.45) is 1.02. The van der Waals surface area contributed by atoms with Crippen molar-refractivity contribution in [1.82, 2.24) is 5.32 Å². The van der Waals surface area contributed by atoms with Crippen LogP contribution in [0.3, 0.4) is 0 Å². The number of carbonyl (C=O) groups is 2. The van der Waals surface area contributed by atoms with Crippen molar-refractivity contribution in [2.24, 2.45) is 0 Å². The molecule has 1 heterocycles. The lowest BCUT2D eigenvalue weighted by Gasteiger charge is -2.20. The number of rotatable bonds is 6. The largest absolute Gasteiger partial charge is 0.485 e. The molecular formula is C20H21NO5S. The number of hydrogen-bond donors (Lipinski definition) is 3. The first-order valence-electron chi connectivity index (χ1n) is 8.31. The van der Waals surface area contributed by atoms with Gasteiger partial charge in [-0.25, -0.2) is 9.59 Å². The molecule has 27 heavy (non-hydrogen) atoms. The molecule has 0 aliphatic heterocycles. The number of ether oxygens (including phenoxy) is 1. The van der Waals surface area contributed by atoms with Crippen LogP contribution < -0.4 is 10.1 Å². The molecule has 0 saturated carbocycles. The lowest BCUT2D eigenvalue weighted by atomic mass is 10.1. The minimum atomic E-state index is -1.82. The van der Waals surface area contributed by atoms with E-state index in [0.717, 1.165) is 18.7 Å². The van der Waals surface area contributed by atoms with Crippen LogP contribution in [0.2, 0.25) is 0 Å². The summed E-state index contributed by atoms with van der Waals surface area (Å²) >= 11 is 1.75. The second-order valence-corrected chi connectivity index (χ2v) is 6.56. The van der Waals surface area contributed by atoms with E-state index in [1.807, 2.05) is 13.1 Å². The molecule has 7 heteroatoms. The van der Waals surface area contributed by atoms with Gasteiger partial charge in [0.1, 0.15) is 11.9 Å². The molecule has 0 aliphatic carbocycles. The van der Waals surface area contributed by atoms with Crippen LogP contribution >= 0.6 is 11.3 Å². The third kappa shape index (κ3) is 6.09. The molecule has 1 aromatic heterocycles. The van der Waals surface area contributed by atoms with Crippen LogP contribution in [0, 0.1) is 0 Å². The van der Waals surface area contributed by atoms with E-state index in [9.17, 15) is 0 Å².